The number of anilines is 1. The Morgan fingerprint density at radius 2 is 2.12 bits per heavy atom. The van der Waals surface area contributed by atoms with Crippen LogP contribution in [0.2, 0.25) is 0 Å². The minimum absolute atomic E-state index is 0.290. The summed E-state index contributed by atoms with van der Waals surface area (Å²) in [4.78, 5) is 4.93. The second-order valence-electron chi connectivity index (χ2n) is 6.96. The Kier molecular flexibility index (Phi) is 4.89. The number of hydrogen-bond donors (Lipinski definition) is 1. The summed E-state index contributed by atoms with van der Waals surface area (Å²) in [5, 5.41) is 8.34. The standard InChI is InChI=1S/C21H26N4O/c1-3-8-17-13-19(22-14-18-11-7-12-26-18)25-21(23-17)20(15(2)24-25)16-9-5-4-6-10-16/h4-6,9-10,13,18,22H,3,7-8,11-12,14H2,1-2H3. The molecule has 3 aromatic rings. The van der Waals surface area contributed by atoms with Crippen LogP contribution in [-0.4, -0.2) is 33.9 Å². The number of fused-ring (bicyclic) bond motifs is 1. The van der Waals surface area contributed by atoms with E-state index in [1.165, 1.54) is 0 Å². The van der Waals surface area contributed by atoms with Gasteiger partial charge in [-0.3, -0.25) is 0 Å². The van der Waals surface area contributed by atoms with E-state index >= 15 is 0 Å². The van der Waals surface area contributed by atoms with Gasteiger partial charge in [0.2, 0.25) is 0 Å². The quantitative estimate of drug-likeness (QED) is 0.722. The Bertz CT molecular complexity index is 882. The molecule has 1 aromatic carbocycles. The van der Waals surface area contributed by atoms with Gasteiger partial charge in [-0.05, 0) is 31.7 Å². The molecule has 1 aliphatic heterocycles. The lowest BCUT2D eigenvalue weighted by Crippen LogP contribution is -2.20. The number of hydrogen-bond acceptors (Lipinski definition) is 4. The molecule has 5 nitrogen and oxygen atoms in total. The molecule has 136 valence electrons. The molecular weight excluding hydrogens is 324 g/mol. The Morgan fingerprint density at radius 1 is 1.27 bits per heavy atom. The largest absolute Gasteiger partial charge is 0.376 e. The molecule has 1 saturated heterocycles. The number of rotatable bonds is 6. The molecule has 1 fully saturated rings. The first kappa shape index (κ1) is 17.0. The normalized spacial score (nSPS) is 17.1. The average Bonchev–Trinajstić information content (AvgIpc) is 3.28. The number of aryl methyl sites for hydroxylation is 2. The SMILES string of the molecule is CCCc1cc(NCC2CCCO2)n2nc(C)c(-c3ccccc3)c2n1. The fraction of sp³-hybridized carbons (Fsp3) is 0.429. The lowest BCUT2D eigenvalue weighted by molar-refractivity contribution is 0.120. The zero-order valence-electron chi connectivity index (χ0n) is 15.5. The zero-order chi connectivity index (χ0) is 17.9. The highest BCUT2D eigenvalue weighted by Crippen LogP contribution is 2.29. The van der Waals surface area contributed by atoms with Crippen molar-refractivity contribution in [2.24, 2.45) is 0 Å². The van der Waals surface area contributed by atoms with Crippen LogP contribution in [0.5, 0.6) is 0 Å². The third kappa shape index (κ3) is 3.31. The van der Waals surface area contributed by atoms with E-state index in [1.807, 2.05) is 10.6 Å². The van der Waals surface area contributed by atoms with Crippen LogP contribution in [0.25, 0.3) is 16.8 Å². The summed E-state index contributed by atoms with van der Waals surface area (Å²) in [6.45, 7) is 5.92. The second kappa shape index (κ2) is 7.46. The van der Waals surface area contributed by atoms with E-state index in [1.54, 1.807) is 0 Å². The molecule has 26 heavy (non-hydrogen) atoms. The van der Waals surface area contributed by atoms with Crippen molar-refractivity contribution in [2.75, 3.05) is 18.5 Å². The highest BCUT2D eigenvalue weighted by atomic mass is 16.5. The molecule has 1 atom stereocenters. The van der Waals surface area contributed by atoms with Crippen LogP contribution in [0, 0.1) is 6.92 Å². The first-order valence-corrected chi connectivity index (χ1v) is 9.56. The van der Waals surface area contributed by atoms with Crippen LogP contribution in [0.4, 0.5) is 5.82 Å². The van der Waals surface area contributed by atoms with E-state index < -0.39 is 0 Å². The predicted molar refractivity (Wildman–Crippen MR) is 105 cm³/mol. The van der Waals surface area contributed by atoms with Gasteiger partial charge in [0.25, 0.3) is 0 Å². The van der Waals surface area contributed by atoms with Crippen molar-refractivity contribution in [1.82, 2.24) is 14.6 Å². The number of benzene rings is 1. The van der Waals surface area contributed by atoms with Crippen molar-refractivity contribution < 1.29 is 4.74 Å². The molecule has 1 N–H and O–H groups in total. The summed E-state index contributed by atoms with van der Waals surface area (Å²) in [5.74, 6) is 0.999. The smallest absolute Gasteiger partial charge is 0.165 e. The van der Waals surface area contributed by atoms with Crippen molar-refractivity contribution in [1.29, 1.82) is 0 Å². The van der Waals surface area contributed by atoms with Gasteiger partial charge >= 0.3 is 0 Å². The molecule has 1 unspecified atom stereocenters. The molecule has 0 aliphatic carbocycles. The molecule has 0 spiro atoms. The van der Waals surface area contributed by atoms with Gasteiger partial charge in [-0.25, -0.2) is 4.98 Å². The molecule has 4 rings (SSSR count). The highest BCUT2D eigenvalue weighted by molar-refractivity contribution is 5.80. The number of ether oxygens (including phenoxy) is 1. The van der Waals surface area contributed by atoms with Crippen molar-refractivity contribution in [2.45, 2.75) is 45.6 Å². The fourth-order valence-corrected chi connectivity index (χ4v) is 3.65. The molecule has 2 aromatic heterocycles. The van der Waals surface area contributed by atoms with Gasteiger partial charge in [-0.1, -0.05) is 43.7 Å². The number of nitrogens with zero attached hydrogens (tertiary/aromatic N) is 3. The first-order valence-electron chi connectivity index (χ1n) is 9.56. The number of aromatic nitrogens is 3. The summed E-state index contributed by atoms with van der Waals surface area (Å²) in [6.07, 6.45) is 4.60. The summed E-state index contributed by atoms with van der Waals surface area (Å²) >= 11 is 0. The van der Waals surface area contributed by atoms with Gasteiger partial charge in [0, 0.05) is 30.5 Å². The lowest BCUT2D eigenvalue weighted by atomic mass is 10.1. The van der Waals surface area contributed by atoms with Crippen LogP contribution in [-0.2, 0) is 11.2 Å². The van der Waals surface area contributed by atoms with E-state index in [0.717, 1.165) is 72.8 Å². The van der Waals surface area contributed by atoms with Gasteiger partial charge in [0.1, 0.15) is 5.82 Å². The molecule has 0 saturated carbocycles. The molecule has 5 heteroatoms. The minimum atomic E-state index is 0.290. The maximum absolute atomic E-state index is 5.75. The molecule has 1 aliphatic rings. The Balaban J connectivity index is 1.77. The van der Waals surface area contributed by atoms with E-state index in [9.17, 15) is 0 Å². The Labute approximate surface area is 154 Å². The third-order valence-corrected chi connectivity index (χ3v) is 4.92. The van der Waals surface area contributed by atoms with E-state index in [2.05, 4.69) is 49.5 Å². The average molecular weight is 350 g/mol. The van der Waals surface area contributed by atoms with Crippen LogP contribution in [0.15, 0.2) is 36.4 Å². The van der Waals surface area contributed by atoms with Gasteiger partial charge < -0.3 is 10.1 Å². The topological polar surface area (TPSA) is 51.5 Å². The van der Waals surface area contributed by atoms with Gasteiger partial charge in [0.05, 0.1) is 11.8 Å². The highest BCUT2D eigenvalue weighted by Gasteiger charge is 2.19. The maximum Gasteiger partial charge on any atom is 0.165 e. The summed E-state index contributed by atoms with van der Waals surface area (Å²) in [5.41, 5.74) is 5.30. The molecule has 0 amide bonds. The van der Waals surface area contributed by atoms with Crippen LogP contribution >= 0.6 is 0 Å². The summed E-state index contributed by atoms with van der Waals surface area (Å²) in [6, 6.07) is 12.5. The van der Waals surface area contributed by atoms with Crippen molar-refractivity contribution in [3.8, 4) is 11.1 Å². The van der Waals surface area contributed by atoms with Crippen molar-refractivity contribution in [3.63, 3.8) is 0 Å². The third-order valence-electron chi connectivity index (χ3n) is 4.92. The van der Waals surface area contributed by atoms with Crippen LogP contribution < -0.4 is 5.32 Å². The lowest BCUT2D eigenvalue weighted by Gasteiger charge is -2.14. The monoisotopic (exact) mass is 350 g/mol. The second-order valence-corrected chi connectivity index (χ2v) is 6.96. The van der Waals surface area contributed by atoms with Gasteiger partial charge in [-0.15, -0.1) is 0 Å². The van der Waals surface area contributed by atoms with Gasteiger partial charge in [0.15, 0.2) is 5.65 Å². The maximum atomic E-state index is 5.75. The Hall–Kier alpha value is -2.40. The fourth-order valence-electron chi connectivity index (χ4n) is 3.65. The van der Waals surface area contributed by atoms with E-state index in [4.69, 9.17) is 14.8 Å². The molecular formula is C21H26N4O. The van der Waals surface area contributed by atoms with E-state index in [-0.39, 0.29) is 6.10 Å². The number of nitrogens with one attached hydrogen (secondary N) is 1. The van der Waals surface area contributed by atoms with Crippen molar-refractivity contribution >= 4 is 11.5 Å². The molecule has 0 bridgehead atoms. The first-order chi connectivity index (χ1) is 12.8. The van der Waals surface area contributed by atoms with E-state index in [0.29, 0.717) is 0 Å². The predicted octanol–water partition coefficient (Wildman–Crippen LogP) is 4.25. The molecule has 3 heterocycles. The summed E-state index contributed by atoms with van der Waals surface area (Å²) in [7, 11) is 0. The van der Waals surface area contributed by atoms with Crippen LogP contribution in [0.3, 0.4) is 0 Å². The Morgan fingerprint density at radius 3 is 2.85 bits per heavy atom. The summed E-state index contributed by atoms with van der Waals surface area (Å²) < 4.78 is 7.71. The van der Waals surface area contributed by atoms with Crippen molar-refractivity contribution in [3.05, 3.63) is 47.8 Å². The zero-order valence-corrected chi connectivity index (χ0v) is 15.5. The van der Waals surface area contributed by atoms with Crippen LogP contribution in [0.1, 0.15) is 37.6 Å². The van der Waals surface area contributed by atoms with Gasteiger partial charge in [-0.2, -0.15) is 9.61 Å². The minimum Gasteiger partial charge on any atom is -0.376 e. The molecule has 0 radical (unpaired) electrons.